The maximum atomic E-state index is 13.0. The van der Waals surface area contributed by atoms with Gasteiger partial charge in [-0.05, 0) is 148 Å². The van der Waals surface area contributed by atoms with Gasteiger partial charge in [-0.1, -0.05) is 205 Å². The molecule has 0 fully saturated rings. The van der Waals surface area contributed by atoms with Crippen molar-refractivity contribution in [3.05, 3.63) is 48.6 Å². The van der Waals surface area contributed by atoms with E-state index < -0.39 is 54.8 Å². The molecule has 0 aliphatic heterocycles. The molecule has 0 radical (unpaired) electrons. The van der Waals surface area contributed by atoms with Gasteiger partial charge in [-0.3, -0.25) is 38.6 Å². The van der Waals surface area contributed by atoms with Crippen LogP contribution < -0.4 is 0 Å². The van der Waals surface area contributed by atoms with Crippen LogP contribution in [0, 0.1) is 0 Å². The van der Waals surface area contributed by atoms with Crippen LogP contribution in [0.3, 0.4) is 0 Å². The molecule has 101 heavy (non-hydrogen) atoms. The Labute approximate surface area is 613 Å². The fourth-order valence-electron chi connectivity index (χ4n) is 11.8. The molecule has 588 valence electrons. The topological polar surface area (TPSA) is 265 Å². The predicted octanol–water partition coefficient (Wildman–Crippen LogP) is 16.3. The molecule has 0 aromatic rings. The van der Waals surface area contributed by atoms with Crippen molar-refractivity contribution in [1.82, 2.24) is 9.80 Å². The summed E-state index contributed by atoms with van der Waals surface area (Å²) in [7, 11) is 0. The Balaban J connectivity index is 5.21. The summed E-state index contributed by atoms with van der Waals surface area (Å²) < 4.78 is 32.4. The van der Waals surface area contributed by atoms with E-state index in [1.807, 2.05) is 34.1 Å². The normalized spacial score (nSPS) is 13.7. The van der Waals surface area contributed by atoms with Gasteiger partial charge in [0, 0.05) is 51.9 Å². The lowest BCUT2D eigenvalue weighted by atomic mass is 9.98. The molecule has 4 unspecified atom stereocenters. The number of rotatable bonds is 74. The molecule has 0 amide bonds. The minimum absolute atomic E-state index is 0.0739. The molecule has 0 aliphatic carbocycles. The largest absolute Gasteiger partial charge is 0.466 e. The van der Waals surface area contributed by atoms with Gasteiger partial charge >= 0.3 is 35.8 Å². The number of hydrogen-bond acceptors (Lipinski definition) is 19. The van der Waals surface area contributed by atoms with Crippen LogP contribution in [0.25, 0.3) is 0 Å². The number of aliphatic hydroxyl groups is 5. The van der Waals surface area contributed by atoms with Crippen molar-refractivity contribution < 1.29 is 82.7 Å². The van der Waals surface area contributed by atoms with Crippen LogP contribution in [-0.2, 0) is 57.2 Å². The first-order chi connectivity index (χ1) is 48.9. The van der Waals surface area contributed by atoms with E-state index in [0.717, 1.165) is 103 Å². The first-order valence-corrected chi connectivity index (χ1v) is 40.4. The molecule has 19 heteroatoms. The summed E-state index contributed by atoms with van der Waals surface area (Å²) >= 11 is 0. The lowest BCUT2D eigenvalue weighted by Crippen LogP contribution is -2.39. The van der Waals surface area contributed by atoms with Gasteiger partial charge in [0.25, 0.3) is 0 Å². The van der Waals surface area contributed by atoms with Gasteiger partial charge in [-0.15, -0.1) is 0 Å². The second kappa shape index (κ2) is 71.1. The minimum atomic E-state index is -1.72. The van der Waals surface area contributed by atoms with Crippen LogP contribution in [0.15, 0.2) is 48.6 Å². The zero-order chi connectivity index (χ0) is 74.3. The first-order valence-electron chi connectivity index (χ1n) is 40.4. The SMILES string of the molecule is CCCCCC/C=C\COC(=O)CCCCCC(O)CN(CCCCOC(=O)CC(C)(O)CC(=O)OCCCCN(CC(O)CCCCCC(=O)OC/C=C\CCCCCC)CC(O)CCCCCC(=O)OC/C=C\CCCCCC)CC(O)CCCCCC(=O)OC/C=C\CCCCCC. The number of unbranched alkanes of at least 4 members (excludes halogenated alkanes) is 26. The average molecular weight is 1430 g/mol. The zero-order valence-corrected chi connectivity index (χ0v) is 64.5. The number of nitrogens with zero attached hydrogens (tertiary/aromatic N) is 2. The minimum Gasteiger partial charge on any atom is -0.466 e. The Morgan fingerprint density at radius 1 is 0.307 bits per heavy atom. The second-order valence-electron chi connectivity index (χ2n) is 28.3. The van der Waals surface area contributed by atoms with Gasteiger partial charge in [0.05, 0.1) is 56.1 Å². The molecule has 0 saturated carbocycles. The Morgan fingerprint density at radius 2 is 0.554 bits per heavy atom. The fraction of sp³-hybridized carbons (Fsp3) is 0.829. The molecule has 0 heterocycles. The predicted molar refractivity (Wildman–Crippen MR) is 405 cm³/mol. The van der Waals surface area contributed by atoms with E-state index >= 15 is 0 Å². The molecule has 0 aromatic heterocycles. The van der Waals surface area contributed by atoms with Crippen LogP contribution in [0.2, 0.25) is 0 Å². The summed E-state index contributed by atoms with van der Waals surface area (Å²) in [4.78, 5) is 79.1. The summed E-state index contributed by atoms with van der Waals surface area (Å²) in [5, 5.41) is 55.6. The highest BCUT2D eigenvalue weighted by Crippen LogP contribution is 2.19. The summed E-state index contributed by atoms with van der Waals surface area (Å²) in [5.41, 5.74) is -1.72. The van der Waals surface area contributed by atoms with Crippen molar-refractivity contribution in [3.8, 4) is 0 Å². The molecular formula is C82H148N2O17. The summed E-state index contributed by atoms with van der Waals surface area (Å²) in [6, 6.07) is 0. The Hall–Kier alpha value is -4.50. The number of carbonyl (C=O) groups excluding carboxylic acids is 6. The number of carbonyl (C=O) groups is 6. The molecule has 0 saturated heterocycles. The van der Waals surface area contributed by atoms with Crippen molar-refractivity contribution in [2.45, 2.75) is 360 Å². The van der Waals surface area contributed by atoms with Gasteiger partial charge in [0.15, 0.2) is 0 Å². The van der Waals surface area contributed by atoms with Crippen LogP contribution in [0.1, 0.15) is 330 Å². The standard InChI is InChI=1S/C82H148N2O17/c1-6-10-14-18-22-26-44-60-96-76(89)54-38-30-34-50-72(85)68-83(69-73(86)51-35-31-39-55-77(90)97-61-45-27-23-19-15-11-7-2)58-42-48-64-100-80(93)66-82(5,95)67-81(94)101-65-49-43-59-84(70-74(87)52-36-32-40-56-78(91)98-62-46-28-24-20-16-12-8-3)71-75(88)53-37-33-41-57-79(92)99-63-47-29-25-21-17-13-9-4/h26-29,44-47,72-75,85-88,95H,6-25,30-43,48-71H2,1-5H3/b44-26-,45-27-,46-28-,47-29-. The second-order valence-corrected chi connectivity index (χ2v) is 28.3. The van der Waals surface area contributed by atoms with Crippen LogP contribution in [0.4, 0.5) is 0 Å². The van der Waals surface area contributed by atoms with Crippen molar-refractivity contribution >= 4 is 35.8 Å². The zero-order valence-electron chi connectivity index (χ0n) is 64.5. The first kappa shape index (κ1) is 96.5. The molecular weight excluding hydrogens is 1280 g/mol. The van der Waals surface area contributed by atoms with Crippen molar-refractivity contribution in [1.29, 1.82) is 0 Å². The van der Waals surface area contributed by atoms with E-state index in [0.29, 0.717) is 142 Å². The van der Waals surface area contributed by atoms with E-state index in [-0.39, 0.29) is 63.5 Å². The lowest BCUT2D eigenvalue weighted by Gasteiger charge is -2.27. The summed E-state index contributed by atoms with van der Waals surface area (Å²) in [6.07, 6.45) is 49.7. The number of allylic oxidation sites excluding steroid dienone is 4. The highest BCUT2D eigenvalue weighted by molar-refractivity contribution is 5.75. The third kappa shape index (κ3) is 69.6. The highest BCUT2D eigenvalue weighted by Gasteiger charge is 2.30. The van der Waals surface area contributed by atoms with E-state index in [4.69, 9.17) is 28.4 Å². The van der Waals surface area contributed by atoms with Crippen LogP contribution in [-0.4, -0.2) is 180 Å². The molecule has 0 rings (SSSR count). The summed E-state index contributed by atoms with van der Waals surface area (Å²) in [6.45, 7) is 13.8. The van der Waals surface area contributed by atoms with Crippen LogP contribution in [0.5, 0.6) is 0 Å². The van der Waals surface area contributed by atoms with Crippen molar-refractivity contribution in [2.75, 3.05) is 78.9 Å². The number of hydrogen-bond donors (Lipinski definition) is 5. The highest BCUT2D eigenvalue weighted by atomic mass is 16.6. The fourth-order valence-corrected chi connectivity index (χ4v) is 11.8. The third-order valence-electron chi connectivity index (χ3n) is 17.8. The molecule has 0 bridgehead atoms. The Morgan fingerprint density at radius 3 is 0.802 bits per heavy atom. The van der Waals surface area contributed by atoms with Gasteiger partial charge < -0.3 is 54.0 Å². The van der Waals surface area contributed by atoms with E-state index in [1.54, 1.807) is 0 Å². The molecule has 5 N–H and O–H groups in total. The maximum absolute atomic E-state index is 13.0. The Bertz CT molecular complexity index is 1850. The molecule has 4 atom stereocenters. The van der Waals surface area contributed by atoms with Gasteiger partial charge in [0.2, 0.25) is 0 Å². The maximum Gasteiger partial charge on any atom is 0.308 e. The quantitative estimate of drug-likeness (QED) is 0.0164. The molecule has 0 aromatic carbocycles. The number of ether oxygens (including phenoxy) is 6. The molecule has 0 aliphatic rings. The van der Waals surface area contributed by atoms with Crippen molar-refractivity contribution in [2.24, 2.45) is 0 Å². The Kier molecular flexibility index (Phi) is 68.0. The molecule has 0 spiro atoms. The van der Waals surface area contributed by atoms with Crippen LogP contribution >= 0.6 is 0 Å². The number of esters is 6. The lowest BCUT2D eigenvalue weighted by molar-refractivity contribution is -0.155. The van der Waals surface area contributed by atoms with E-state index in [9.17, 15) is 54.3 Å². The third-order valence-corrected chi connectivity index (χ3v) is 17.8. The number of aliphatic hydroxyl groups excluding tert-OH is 4. The monoisotopic (exact) mass is 1430 g/mol. The smallest absolute Gasteiger partial charge is 0.308 e. The van der Waals surface area contributed by atoms with E-state index in [2.05, 4.69) is 52.0 Å². The van der Waals surface area contributed by atoms with E-state index in [1.165, 1.54) is 84.0 Å². The summed E-state index contributed by atoms with van der Waals surface area (Å²) in [5.74, 6) is -2.23. The van der Waals surface area contributed by atoms with Gasteiger partial charge in [0.1, 0.15) is 26.4 Å². The van der Waals surface area contributed by atoms with Gasteiger partial charge in [-0.2, -0.15) is 0 Å². The van der Waals surface area contributed by atoms with Gasteiger partial charge in [-0.25, -0.2) is 0 Å². The average Bonchev–Trinajstić information content (AvgIpc) is 0.961. The molecule has 19 nitrogen and oxygen atoms in total. The van der Waals surface area contributed by atoms with Crippen molar-refractivity contribution in [3.63, 3.8) is 0 Å².